The summed E-state index contributed by atoms with van der Waals surface area (Å²) >= 11 is 0. The summed E-state index contributed by atoms with van der Waals surface area (Å²) in [5, 5.41) is 0. The Morgan fingerprint density at radius 1 is 1.75 bits per heavy atom. The van der Waals surface area contributed by atoms with Crippen LogP contribution in [0.2, 0.25) is 0 Å². The van der Waals surface area contributed by atoms with Crippen molar-refractivity contribution in [2.45, 2.75) is 0 Å². The highest BCUT2D eigenvalue weighted by molar-refractivity contribution is 7.14. The fourth-order valence-electron chi connectivity index (χ4n) is 0. The Kier molecular flexibility index (Phi) is 26.6. The molecule has 0 fully saturated rings. The standard InChI is InChI=1S/H2NOP.H3N/c1-3-2;/h(H2,1,2);1H3/p+1. The lowest BCUT2D eigenvalue weighted by Crippen LogP contribution is -2.29. The van der Waals surface area contributed by atoms with E-state index in [2.05, 4.69) is 5.50 Å². The van der Waals surface area contributed by atoms with E-state index < -0.39 is 0 Å². The first kappa shape index (κ1) is 8.99. The molecule has 0 saturated carbocycles. The molecule has 0 aromatic rings. The lowest BCUT2D eigenvalue weighted by Gasteiger charge is -1.19. The average molecular weight is 81.0 g/mol. The van der Waals surface area contributed by atoms with E-state index in [0.717, 1.165) is 0 Å². The zero-order valence-electron chi connectivity index (χ0n) is 2.27. The maximum atomic E-state index is 8.79. The third-order valence-electron chi connectivity index (χ3n) is 0. The molecule has 6 N–H and O–H groups in total. The Hall–Kier alpha value is 0.0200. The lowest BCUT2D eigenvalue weighted by molar-refractivity contribution is -0.154. The van der Waals surface area contributed by atoms with Gasteiger partial charge in [0.25, 0.3) is 0 Å². The number of hydrogen-bond donors (Lipinski definition) is 2. The second-order valence-corrected chi connectivity index (χ2v) is 0.387. The molecule has 4 heavy (non-hydrogen) atoms. The summed E-state index contributed by atoms with van der Waals surface area (Å²) < 4.78 is 8.79. The predicted molar refractivity (Wildman–Crippen MR) is 15.5 cm³/mol. The van der Waals surface area contributed by atoms with Crippen LogP contribution in [0.1, 0.15) is 0 Å². The summed E-state index contributed by atoms with van der Waals surface area (Å²) in [6.45, 7) is 0. The van der Waals surface area contributed by atoms with Crippen LogP contribution in [0.4, 0.5) is 0 Å². The monoisotopic (exact) mass is 81.0 g/mol. The van der Waals surface area contributed by atoms with Gasteiger partial charge in [-0.1, -0.05) is 0 Å². The molecule has 0 aromatic carbocycles. The second-order valence-electron chi connectivity index (χ2n) is 0.129. The molecule has 0 aromatic heterocycles. The first-order valence-electron chi connectivity index (χ1n) is 0.499. The van der Waals surface area contributed by atoms with Crippen LogP contribution in [-0.4, -0.2) is 0 Å². The SMILES string of the molecule is N.[NH3+]P=O. The van der Waals surface area contributed by atoms with E-state index in [1.807, 2.05) is 0 Å². The smallest absolute Gasteiger partial charge is 0.344 e. The molecule has 0 amide bonds. The Bertz CT molecular complexity index is 13.5. The summed E-state index contributed by atoms with van der Waals surface area (Å²) in [6.07, 6.45) is 0. The summed E-state index contributed by atoms with van der Waals surface area (Å²) in [6, 6.07) is 0. The molecule has 0 saturated heterocycles. The predicted octanol–water partition coefficient (Wildman–Crippen LogP) is -0.403. The van der Waals surface area contributed by atoms with Gasteiger partial charge in [0.05, 0.1) is 0 Å². The summed E-state index contributed by atoms with van der Waals surface area (Å²) in [5.74, 6) is 0. The normalized spacial score (nSPS) is 5.25. The van der Waals surface area contributed by atoms with Crippen molar-refractivity contribution in [3.63, 3.8) is 0 Å². The highest BCUT2D eigenvalue weighted by Gasteiger charge is 1.35. The zero-order valence-corrected chi connectivity index (χ0v) is 3.16. The van der Waals surface area contributed by atoms with Crippen LogP contribution in [0.15, 0.2) is 0 Å². The quantitative estimate of drug-likeness (QED) is 0.389. The molecule has 4 heteroatoms. The highest BCUT2D eigenvalue weighted by atomic mass is 31.1. The minimum absolute atomic E-state index is 0. The molecule has 0 radical (unpaired) electrons. The molecular weight excluding hydrogens is 75.0 g/mol. The number of hydrogen-bond acceptors (Lipinski definition) is 2. The largest absolute Gasteiger partial charge is 0.417 e. The molecule has 3 nitrogen and oxygen atoms in total. The molecule has 0 aliphatic carbocycles. The lowest BCUT2D eigenvalue weighted by atomic mass is 13.9. The Morgan fingerprint density at radius 3 is 1.75 bits per heavy atom. The maximum absolute atomic E-state index is 8.79. The molecule has 0 unspecified atom stereocenters. The third-order valence-corrected chi connectivity index (χ3v) is 0. The Balaban J connectivity index is 0. The van der Waals surface area contributed by atoms with Gasteiger partial charge in [-0.25, -0.2) is 4.57 Å². The highest BCUT2D eigenvalue weighted by Crippen LogP contribution is 1.47. The van der Waals surface area contributed by atoms with Crippen molar-refractivity contribution in [1.82, 2.24) is 6.15 Å². The molecule has 0 aliphatic heterocycles. The van der Waals surface area contributed by atoms with E-state index in [0.29, 0.717) is 0 Å². The van der Waals surface area contributed by atoms with Crippen molar-refractivity contribution in [2.24, 2.45) is 0 Å². The second kappa shape index (κ2) is 11.8. The number of rotatable bonds is 0. The summed E-state index contributed by atoms with van der Waals surface area (Å²) in [5.41, 5.74) is 2.90. The summed E-state index contributed by atoms with van der Waals surface area (Å²) in [4.78, 5) is 0. The van der Waals surface area contributed by atoms with Gasteiger partial charge in [0.1, 0.15) is 0 Å². The van der Waals surface area contributed by atoms with E-state index in [1.54, 1.807) is 0 Å². The minimum atomic E-state index is -0.0833. The van der Waals surface area contributed by atoms with Crippen LogP contribution in [0.25, 0.3) is 0 Å². The Morgan fingerprint density at radius 2 is 1.75 bits per heavy atom. The van der Waals surface area contributed by atoms with E-state index in [4.69, 9.17) is 4.57 Å². The molecule has 0 aliphatic rings. The van der Waals surface area contributed by atoms with Crippen LogP contribution >= 0.6 is 8.61 Å². The molecule has 0 spiro atoms. The van der Waals surface area contributed by atoms with Gasteiger partial charge in [0.15, 0.2) is 0 Å². The fourth-order valence-corrected chi connectivity index (χ4v) is 0. The molecule has 26 valence electrons. The molecule has 0 bridgehead atoms. The van der Waals surface area contributed by atoms with Crippen molar-refractivity contribution in [3.05, 3.63) is 0 Å². The van der Waals surface area contributed by atoms with Crippen molar-refractivity contribution < 1.29 is 10.1 Å². The van der Waals surface area contributed by atoms with Crippen molar-refractivity contribution in [1.29, 1.82) is 0 Å². The molecule has 0 atom stereocenters. The molecular formula is H6N2OP+. The van der Waals surface area contributed by atoms with Crippen molar-refractivity contribution in [2.75, 3.05) is 0 Å². The van der Waals surface area contributed by atoms with Gasteiger partial charge in [-0.05, 0) is 0 Å². The van der Waals surface area contributed by atoms with Crippen molar-refractivity contribution in [3.8, 4) is 0 Å². The first-order valence-corrected chi connectivity index (χ1v) is 1.50. The van der Waals surface area contributed by atoms with Gasteiger partial charge in [-0.15, -0.1) is 0 Å². The van der Waals surface area contributed by atoms with Gasteiger partial charge in [-0.2, -0.15) is 0 Å². The van der Waals surface area contributed by atoms with E-state index >= 15 is 0 Å². The Labute approximate surface area is 26.0 Å². The van der Waals surface area contributed by atoms with Gasteiger partial charge in [-0.3, -0.25) is 5.50 Å². The summed E-state index contributed by atoms with van der Waals surface area (Å²) in [7, 11) is -0.0833. The van der Waals surface area contributed by atoms with Crippen LogP contribution in [0.3, 0.4) is 0 Å². The van der Waals surface area contributed by atoms with Crippen molar-refractivity contribution >= 4 is 8.61 Å². The molecule has 0 heterocycles. The fraction of sp³-hybridized carbons (Fsp3) is 0. The number of quaternary nitrogens is 1. The van der Waals surface area contributed by atoms with Crippen LogP contribution in [0, 0.1) is 0 Å². The third kappa shape index (κ3) is 5250. The van der Waals surface area contributed by atoms with E-state index in [1.165, 1.54) is 0 Å². The average Bonchev–Trinajstić information content (AvgIpc) is 0.918. The van der Waals surface area contributed by atoms with Crippen LogP contribution in [0.5, 0.6) is 0 Å². The van der Waals surface area contributed by atoms with Gasteiger partial charge < -0.3 is 6.15 Å². The van der Waals surface area contributed by atoms with Crippen LogP contribution < -0.4 is 11.7 Å². The zero-order chi connectivity index (χ0) is 2.71. The van der Waals surface area contributed by atoms with E-state index in [9.17, 15) is 0 Å². The van der Waals surface area contributed by atoms with Gasteiger partial charge in [0, 0.05) is 0 Å². The van der Waals surface area contributed by atoms with Gasteiger partial charge in [0.2, 0.25) is 0 Å². The maximum Gasteiger partial charge on any atom is 0.417 e. The minimum Gasteiger partial charge on any atom is -0.344 e. The van der Waals surface area contributed by atoms with E-state index in [-0.39, 0.29) is 14.8 Å². The van der Waals surface area contributed by atoms with Crippen LogP contribution in [-0.2, 0) is 4.57 Å². The topological polar surface area (TPSA) is 79.7 Å². The molecule has 0 rings (SSSR count). The first-order chi connectivity index (χ1) is 1.41. The van der Waals surface area contributed by atoms with Gasteiger partial charge >= 0.3 is 8.61 Å².